The Kier molecular flexibility index (Phi) is 5.28. The van der Waals surface area contributed by atoms with Crippen LogP contribution in [0, 0.1) is 0 Å². The maximum absolute atomic E-state index is 7.09. The van der Waals surface area contributed by atoms with Gasteiger partial charge in [0, 0.05) is 5.39 Å². The van der Waals surface area contributed by atoms with Crippen LogP contribution in [-0.2, 0) is 0 Å². The fourth-order valence-corrected chi connectivity index (χ4v) is 10.8. The van der Waals surface area contributed by atoms with E-state index in [2.05, 4.69) is 106 Å². The van der Waals surface area contributed by atoms with E-state index < -0.39 is 8.32 Å². The van der Waals surface area contributed by atoms with Crippen LogP contribution in [0.15, 0.2) is 57.4 Å². The van der Waals surface area contributed by atoms with Gasteiger partial charge in [0.2, 0.25) is 0 Å². The summed E-state index contributed by atoms with van der Waals surface area (Å²) < 4.78 is 14.4. The number of hydrogen-bond donors (Lipinski definition) is 0. The minimum atomic E-state index is -2.07. The number of hydrogen-bond acceptors (Lipinski definition) is 2. The molecule has 0 fully saturated rings. The van der Waals surface area contributed by atoms with Gasteiger partial charge < -0.3 is 8.84 Å². The van der Waals surface area contributed by atoms with Crippen LogP contribution in [0.2, 0.25) is 16.6 Å². The van der Waals surface area contributed by atoms with E-state index in [-0.39, 0.29) is 0 Å². The van der Waals surface area contributed by atoms with Gasteiger partial charge in [0.25, 0.3) is 8.32 Å². The Morgan fingerprint density at radius 3 is 2.00 bits per heavy atom. The molecule has 0 saturated heterocycles. The van der Waals surface area contributed by atoms with Gasteiger partial charge in [0.1, 0.15) is 11.3 Å². The summed E-state index contributed by atoms with van der Waals surface area (Å²) in [5, 5.41) is 4.61. The highest BCUT2D eigenvalue weighted by molar-refractivity contribution is 9.10. The molecule has 0 N–H and O–H groups in total. The van der Waals surface area contributed by atoms with Crippen molar-refractivity contribution in [1.82, 2.24) is 0 Å². The molecule has 0 radical (unpaired) electrons. The maximum Gasteiger partial charge on any atom is 0.258 e. The Morgan fingerprint density at radius 2 is 1.41 bits per heavy atom. The third-order valence-electron chi connectivity index (χ3n) is 6.39. The molecule has 0 bridgehead atoms. The number of furan rings is 1. The zero-order chi connectivity index (χ0) is 20.9. The van der Waals surface area contributed by atoms with Gasteiger partial charge in [0.05, 0.1) is 9.86 Å². The van der Waals surface area contributed by atoms with Crippen molar-refractivity contribution in [3.05, 3.63) is 53.0 Å². The number of halogens is 1. The molecule has 4 aromatic rings. The highest BCUT2D eigenvalue weighted by Gasteiger charge is 2.47. The summed E-state index contributed by atoms with van der Waals surface area (Å²) in [5.74, 6) is 0.958. The highest BCUT2D eigenvalue weighted by atomic mass is 79.9. The first-order valence-electron chi connectivity index (χ1n) is 10.5. The molecule has 1 aromatic heterocycles. The van der Waals surface area contributed by atoms with E-state index in [4.69, 9.17) is 8.84 Å². The number of fused-ring (bicyclic) bond motifs is 4. The average Bonchev–Trinajstić information content (AvgIpc) is 3.04. The van der Waals surface area contributed by atoms with Gasteiger partial charge >= 0.3 is 0 Å². The third-order valence-corrected chi connectivity index (χ3v) is 13.0. The van der Waals surface area contributed by atoms with E-state index in [1.54, 1.807) is 0 Å². The zero-order valence-electron chi connectivity index (χ0n) is 18.0. The first-order valence-corrected chi connectivity index (χ1v) is 13.4. The van der Waals surface area contributed by atoms with E-state index in [1.165, 1.54) is 10.8 Å². The quantitative estimate of drug-likeness (QED) is 0.272. The van der Waals surface area contributed by atoms with Gasteiger partial charge in [-0.25, -0.2) is 0 Å². The van der Waals surface area contributed by atoms with Crippen LogP contribution in [0.5, 0.6) is 5.75 Å². The Morgan fingerprint density at radius 1 is 0.828 bits per heavy atom. The lowest BCUT2D eigenvalue weighted by molar-refractivity contribution is 0.484. The Hall–Kier alpha value is -1.78. The van der Waals surface area contributed by atoms with Crippen molar-refractivity contribution >= 4 is 57.0 Å². The molecule has 0 spiro atoms. The molecule has 29 heavy (non-hydrogen) atoms. The second-order valence-corrected chi connectivity index (χ2v) is 15.2. The smallest absolute Gasteiger partial charge is 0.258 e. The molecule has 4 rings (SSSR count). The first kappa shape index (κ1) is 20.5. The maximum atomic E-state index is 7.09. The minimum absolute atomic E-state index is 0.514. The molecular formula is C25H29BrO2Si. The van der Waals surface area contributed by atoms with Gasteiger partial charge in [-0.2, -0.15) is 0 Å². The molecule has 0 aliphatic rings. The lowest BCUT2D eigenvalue weighted by Gasteiger charge is -2.42. The van der Waals surface area contributed by atoms with Gasteiger partial charge in [-0.1, -0.05) is 65.8 Å². The topological polar surface area (TPSA) is 22.4 Å². The molecule has 0 atom stereocenters. The van der Waals surface area contributed by atoms with Crippen molar-refractivity contribution in [1.29, 1.82) is 0 Å². The lowest BCUT2D eigenvalue weighted by atomic mass is 10.1. The van der Waals surface area contributed by atoms with Gasteiger partial charge in [0.15, 0.2) is 5.58 Å². The predicted molar refractivity (Wildman–Crippen MR) is 131 cm³/mol. The summed E-state index contributed by atoms with van der Waals surface area (Å²) in [7, 11) is -2.07. The fourth-order valence-electron chi connectivity index (χ4n) is 5.13. The largest absolute Gasteiger partial charge is 0.542 e. The monoisotopic (exact) mass is 468 g/mol. The van der Waals surface area contributed by atoms with Gasteiger partial charge in [-0.05, 0) is 67.6 Å². The fraction of sp³-hybridized carbons (Fsp3) is 0.360. The molecule has 0 saturated carbocycles. The minimum Gasteiger partial charge on any atom is -0.542 e. The number of rotatable bonds is 5. The third kappa shape index (κ3) is 3.21. The van der Waals surface area contributed by atoms with E-state index in [1.807, 2.05) is 0 Å². The van der Waals surface area contributed by atoms with Crippen molar-refractivity contribution in [2.75, 3.05) is 0 Å². The SMILES string of the molecule is CC(C)[Si](Oc1ccc(Br)c2oc3cc4ccccc4cc3c12)(C(C)C)C(C)C. The van der Waals surface area contributed by atoms with Crippen molar-refractivity contribution in [3.63, 3.8) is 0 Å². The Bertz CT molecular complexity index is 1170. The zero-order valence-corrected chi connectivity index (χ0v) is 20.6. The normalized spacial score (nSPS) is 12.9. The summed E-state index contributed by atoms with van der Waals surface area (Å²) >= 11 is 3.69. The summed E-state index contributed by atoms with van der Waals surface area (Å²) in [5.41, 5.74) is 3.31. The van der Waals surface area contributed by atoms with Crippen LogP contribution in [0.3, 0.4) is 0 Å². The molecule has 2 nitrogen and oxygen atoms in total. The van der Waals surface area contributed by atoms with Crippen molar-refractivity contribution in [2.45, 2.75) is 58.2 Å². The van der Waals surface area contributed by atoms with E-state index >= 15 is 0 Å². The van der Waals surface area contributed by atoms with Gasteiger partial charge in [-0.15, -0.1) is 0 Å². The summed E-state index contributed by atoms with van der Waals surface area (Å²) in [6.45, 7) is 13.9. The van der Waals surface area contributed by atoms with Crippen molar-refractivity contribution < 1.29 is 8.84 Å². The lowest BCUT2D eigenvalue weighted by Crippen LogP contribution is -2.50. The second-order valence-electron chi connectivity index (χ2n) is 8.97. The molecule has 0 aliphatic heterocycles. The molecular weight excluding hydrogens is 440 g/mol. The van der Waals surface area contributed by atoms with Crippen LogP contribution in [0.25, 0.3) is 32.7 Å². The molecule has 4 heteroatoms. The number of benzene rings is 3. The standard InChI is InChI=1S/C25H29BrO2Si/c1-15(2)29(16(3)4,17(5)6)28-22-12-11-21(26)25-24(22)20-13-18-9-7-8-10-19(18)14-23(20)27-25/h7-17H,1-6H3. The first-order chi connectivity index (χ1) is 13.8. The van der Waals surface area contributed by atoms with Crippen LogP contribution < -0.4 is 4.43 Å². The predicted octanol–water partition coefficient (Wildman–Crippen LogP) is 9.06. The molecule has 152 valence electrons. The van der Waals surface area contributed by atoms with Crippen LogP contribution in [0.4, 0.5) is 0 Å². The molecule has 1 heterocycles. The van der Waals surface area contributed by atoms with Crippen molar-refractivity contribution in [2.24, 2.45) is 0 Å². The highest BCUT2D eigenvalue weighted by Crippen LogP contribution is 2.47. The van der Waals surface area contributed by atoms with E-state index in [0.29, 0.717) is 16.6 Å². The van der Waals surface area contributed by atoms with Crippen LogP contribution >= 0.6 is 15.9 Å². The Balaban J connectivity index is 2.02. The molecule has 0 amide bonds. The second kappa shape index (κ2) is 7.48. The average molecular weight is 469 g/mol. The van der Waals surface area contributed by atoms with E-state index in [0.717, 1.165) is 32.2 Å². The van der Waals surface area contributed by atoms with Crippen LogP contribution in [-0.4, -0.2) is 8.32 Å². The molecule has 0 unspecified atom stereocenters. The van der Waals surface area contributed by atoms with Crippen LogP contribution in [0.1, 0.15) is 41.5 Å². The Labute approximate surface area is 182 Å². The molecule has 3 aromatic carbocycles. The van der Waals surface area contributed by atoms with Crippen molar-refractivity contribution in [3.8, 4) is 5.75 Å². The summed E-state index contributed by atoms with van der Waals surface area (Å²) in [6.07, 6.45) is 0. The van der Waals surface area contributed by atoms with E-state index in [9.17, 15) is 0 Å². The molecule has 0 aliphatic carbocycles. The summed E-state index contributed by atoms with van der Waals surface area (Å²) in [4.78, 5) is 0. The van der Waals surface area contributed by atoms with Gasteiger partial charge in [-0.3, -0.25) is 0 Å². The summed E-state index contributed by atoms with van der Waals surface area (Å²) in [6, 6.07) is 17.0.